The highest BCUT2D eigenvalue weighted by molar-refractivity contribution is 5.73. The van der Waals surface area contributed by atoms with Gasteiger partial charge in [0.05, 0.1) is 0 Å². The number of nitrogens with zero attached hydrogens (tertiary/aromatic N) is 1. The van der Waals surface area contributed by atoms with Crippen molar-refractivity contribution in [3.63, 3.8) is 0 Å². The Bertz CT molecular complexity index is 243. The average Bonchev–Trinajstić information content (AvgIpc) is 2.38. The molecule has 4 nitrogen and oxygen atoms in total. The zero-order valence-corrected chi connectivity index (χ0v) is 10.9. The fourth-order valence-corrected chi connectivity index (χ4v) is 2.82. The summed E-state index contributed by atoms with van der Waals surface area (Å²) in [5, 5.41) is 7.08. The number of amides is 1. The van der Waals surface area contributed by atoms with Crippen molar-refractivity contribution in [2.45, 2.75) is 38.6 Å². The van der Waals surface area contributed by atoms with E-state index in [4.69, 9.17) is 0 Å². The lowest BCUT2D eigenvalue weighted by atomic mass is 9.97. The molecular weight excluding hydrogens is 214 g/mol. The highest BCUT2D eigenvalue weighted by Crippen LogP contribution is 2.14. The predicted molar refractivity (Wildman–Crippen MR) is 68.9 cm³/mol. The quantitative estimate of drug-likeness (QED) is 0.757. The number of carbonyl (C=O) groups excluding carboxylic acids is 1. The molecule has 17 heavy (non-hydrogen) atoms. The van der Waals surface area contributed by atoms with Crippen molar-refractivity contribution in [3.8, 4) is 0 Å². The molecule has 0 spiro atoms. The van der Waals surface area contributed by atoms with Crippen LogP contribution in [0.2, 0.25) is 0 Å². The van der Waals surface area contributed by atoms with Crippen molar-refractivity contribution in [2.75, 3.05) is 32.7 Å². The Labute approximate surface area is 104 Å². The zero-order chi connectivity index (χ0) is 12.1. The fraction of sp³-hybridized carbons (Fsp3) is 0.923. The van der Waals surface area contributed by atoms with Gasteiger partial charge in [0.15, 0.2) is 0 Å². The summed E-state index contributed by atoms with van der Waals surface area (Å²) in [6.45, 7) is 7.04. The third kappa shape index (κ3) is 3.96. The van der Waals surface area contributed by atoms with E-state index in [1.54, 1.807) is 6.92 Å². The molecule has 4 heteroatoms. The molecule has 2 saturated heterocycles. The van der Waals surface area contributed by atoms with E-state index in [0.29, 0.717) is 6.04 Å². The maximum absolute atomic E-state index is 11.2. The third-order valence-electron chi connectivity index (χ3n) is 4.09. The second kappa shape index (κ2) is 6.36. The molecule has 2 N–H and O–H groups in total. The van der Waals surface area contributed by atoms with Crippen LogP contribution in [-0.4, -0.2) is 49.6 Å². The van der Waals surface area contributed by atoms with E-state index in [9.17, 15) is 4.79 Å². The van der Waals surface area contributed by atoms with Gasteiger partial charge < -0.3 is 15.5 Å². The van der Waals surface area contributed by atoms with Gasteiger partial charge in [0.25, 0.3) is 0 Å². The Kier molecular flexibility index (Phi) is 4.80. The van der Waals surface area contributed by atoms with Crippen LogP contribution in [0.5, 0.6) is 0 Å². The number of piperidine rings is 2. The van der Waals surface area contributed by atoms with Crippen LogP contribution in [0.1, 0.15) is 32.6 Å². The van der Waals surface area contributed by atoms with E-state index in [0.717, 1.165) is 38.4 Å². The first-order valence-electron chi connectivity index (χ1n) is 6.95. The van der Waals surface area contributed by atoms with Crippen molar-refractivity contribution in [1.29, 1.82) is 0 Å². The predicted octanol–water partition coefficient (Wildman–Crippen LogP) is 0.587. The number of likely N-dealkylation sites (tertiary alicyclic amines) is 1. The summed E-state index contributed by atoms with van der Waals surface area (Å²) in [4.78, 5) is 13.2. The minimum Gasteiger partial charge on any atom is -0.343 e. The van der Waals surface area contributed by atoms with Crippen molar-refractivity contribution in [3.05, 3.63) is 0 Å². The SMILES string of the molecule is CC(=O)N1CCC(NCC2CCNCC2)CC1. The highest BCUT2D eigenvalue weighted by Gasteiger charge is 2.21. The Hall–Kier alpha value is -0.610. The standard InChI is InChI=1S/C13H25N3O/c1-11(17)16-8-4-13(5-9-16)15-10-12-2-6-14-7-3-12/h12-15H,2-10H2,1H3. The summed E-state index contributed by atoms with van der Waals surface area (Å²) in [7, 11) is 0. The molecule has 0 saturated carbocycles. The molecule has 0 aromatic heterocycles. The molecule has 0 aromatic carbocycles. The summed E-state index contributed by atoms with van der Waals surface area (Å²) in [6.07, 6.45) is 4.84. The summed E-state index contributed by atoms with van der Waals surface area (Å²) < 4.78 is 0. The van der Waals surface area contributed by atoms with Gasteiger partial charge in [-0.1, -0.05) is 0 Å². The lowest BCUT2D eigenvalue weighted by Crippen LogP contribution is -2.46. The van der Waals surface area contributed by atoms with Gasteiger partial charge >= 0.3 is 0 Å². The van der Waals surface area contributed by atoms with Crippen molar-refractivity contribution >= 4 is 5.91 Å². The molecule has 2 aliphatic heterocycles. The van der Waals surface area contributed by atoms with E-state index >= 15 is 0 Å². The molecule has 0 aliphatic carbocycles. The number of hydrogen-bond donors (Lipinski definition) is 2. The van der Waals surface area contributed by atoms with Gasteiger partial charge in [0.1, 0.15) is 0 Å². The first-order valence-corrected chi connectivity index (χ1v) is 6.95. The molecule has 0 radical (unpaired) electrons. The fourth-order valence-electron chi connectivity index (χ4n) is 2.82. The monoisotopic (exact) mass is 239 g/mol. The summed E-state index contributed by atoms with van der Waals surface area (Å²) in [5.74, 6) is 1.07. The summed E-state index contributed by atoms with van der Waals surface area (Å²) in [6, 6.07) is 0.625. The molecule has 2 heterocycles. The van der Waals surface area contributed by atoms with Crippen LogP contribution in [0.25, 0.3) is 0 Å². The molecule has 1 amide bonds. The Morgan fingerprint density at radius 3 is 2.47 bits per heavy atom. The van der Waals surface area contributed by atoms with E-state index in [1.165, 1.54) is 25.9 Å². The second-order valence-electron chi connectivity index (χ2n) is 5.38. The molecule has 2 fully saturated rings. The van der Waals surface area contributed by atoms with Crippen molar-refractivity contribution in [2.24, 2.45) is 5.92 Å². The average molecular weight is 239 g/mol. The third-order valence-corrected chi connectivity index (χ3v) is 4.09. The first kappa shape index (κ1) is 12.8. The number of rotatable bonds is 3. The largest absolute Gasteiger partial charge is 0.343 e. The normalized spacial score (nSPS) is 23.9. The van der Waals surface area contributed by atoms with E-state index in [1.807, 2.05) is 4.90 Å². The molecule has 2 aliphatic rings. The van der Waals surface area contributed by atoms with Gasteiger partial charge in [-0.05, 0) is 51.2 Å². The van der Waals surface area contributed by atoms with Gasteiger partial charge in [-0.2, -0.15) is 0 Å². The number of hydrogen-bond acceptors (Lipinski definition) is 3. The highest BCUT2D eigenvalue weighted by atomic mass is 16.2. The lowest BCUT2D eigenvalue weighted by Gasteiger charge is -2.33. The van der Waals surface area contributed by atoms with Gasteiger partial charge in [-0.3, -0.25) is 4.79 Å². The van der Waals surface area contributed by atoms with Gasteiger partial charge in [-0.25, -0.2) is 0 Å². The molecule has 0 aromatic rings. The van der Waals surface area contributed by atoms with Crippen LogP contribution in [0.4, 0.5) is 0 Å². The summed E-state index contributed by atoms with van der Waals surface area (Å²) in [5.41, 5.74) is 0. The second-order valence-corrected chi connectivity index (χ2v) is 5.38. The molecule has 98 valence electrons. The van der Waals surface area contributed by atoms with Crippen molar-refractivity contribution in [1.82, 2.24) is 15.5 Å². The minimum atomic E-state index is 0.224. The van der Waals surface area contributed by atoms with E-state index < -0.39 is 0 Å². The molecular formula is C13H25N3O. The van der Waals surface area contributed by atoms with E-state index in [-0.39, 0.29) is 5.91 Å². The molecule has 0 bridgehead atoms. The number of nitrogens with one attached hydrogen (secondary N) is 2. The number of carbonyl (C=O) groups is 1. The van der Waals surface area contributed by atoms with Crippen LogP contribution < -0.4 is 10.6 Å². The Morgan fingerprint density at radius 1 is 1.24 bits per heavy atom. The van der Waals surface area contributed by atoms with Gasteiger partial charge in [0.2, 0.25) is 5.91 Å². The van der Waals surface area contributed by atoms with Crippen LogP contribution in [-0.2, 0) is 4.79 Å². The Morgan fingerprint density at radius 2 is 1.88 bits per heavy atom. The van der Waals surface area contributed by atoms with Crippen molar-refractivity contribution < 1.29 is 4.79 Å². The van der Waals surface area contributed by atoms with Crippen LogP contribution in [0.15, 0.2) is 0 Å². The topological polar surface area (TPSA) is 44.4 Å². The smallest absolute Gasteiger partial charge is 0.219 e. The molecule has 0 unspecified atom stereocenters. The van der Waals surface area contributed by atoms with E-state index in [2.05, 4.69) is 10.6 Å². The molecule has 2 rings (SSSR count). The Balaban J connectivity index is 1.62. The first-order chi connectivity index (χ1) is 8.25. The lowest BCUT2D eigenvalue weighted by molar-refractivity contribution is -0.129. The minimum absolute atomic E-state index is 0.224. The maximum atomic E-state index is 11.2. The van der Waals surface area contributed by atoms with Gasteiger partial charge in [-0.15, -0.1) is 0 Å². The van der Waals surface area contributed by atoms with Crippen LogP contribution in [0, 0.1) is 5.92 Å². The van der Waals surface area contributed by atoms with Crippen LogP contribution >= 0.6 is 0 Å². The van der Waals surface area contributed by atoms with Gasteiger partial charge in [0, 0.05) is 26.1 Å². The van der Waals surface area contributed by atoms with Crippen LogP contribution in [0.3, 0.4) is 0 Å². The summed E-state index contributed by atoms with van der Waals surface area (Å²) >= 11 is 0. The maximum Gasteiger partial charge on any atom is 0.219 e. The molecule has 0 atom stereocenters. The zero-order valence-electron chi connectivity index (χ0n) is 10.9.